The number of likely N-dealkylation sites (N-methyl/N-ethyl adjacent to an activating group) is 1. The third kappa shape index (κ3) is 7.10. The van der Waals surface area contributed by atoms with E-state index in [2.05, 4.69) is 18.7 Å². The van der Waals surface area contributed by atoms with Crippen LogP contribution in [0.4, 0.5) is 0 Å². The second-order valence-electron chi connectivity index (χ2n) is 8.38. The lowest BCUT2D eigenvalue weighted by Gasteiger charge is -2.26. The van der Waals surface area contributed by atoms with Gasteiger partial charge in [-0.1, -0.05) is 51.0 Å². The smallest absolute Gasteiger partial charge is 0.187 e. The molecule has 32 heavy (non-hydrogen) atoms. The molecular weight excluding hydrogens is 398 g/mol. The van der Waals surface area contributed by atoms with E-state index in [-0.39, 0.29) is 5.78 Å². The molecule has 3 rings (SSSR count). The van der Waals surface area contributed by atoms with Gasteiger partial charge in [0.05, 0.1) is 13.2 Å². The van der Waals surface area contributed by atoms with Gasteiger partial charge in [-0.2, -0.15) is 0 Å². The lowest BCUT2D eigenvalue weighted by molar-refractivity contribution is -0.113. The summed E-state index contributed by atoms with van der Waals surface area (Å²) in [6.45, 7) is 7.07. The molecule has 0 unspecified atom stereocenters. The summed E-state index contributed by atoms with van der Waals surface area (Å²) in [6.07, 6.45) is 8.32. The van der Waals surface area contributed by atoms with E-state index >= 15 is 0 Å². The summed E-state index contributed by atoms with van der Waals surface area (Å²) in [4.78, 5) is 15.3. The van der Waals surface area contributed by atoms with Gasteiger partial charge in [0, 0.05) is 24.2 Å². The Hall–Kier alpha value is -2.85. The quantitative estimate of drug-likeness (QED) is 0.339. The number of benzene rings is 2. The van der Waals surface area contributed by atoms with Crippen molar-refractivity contribution in [3.63, 3.8) is 0 Å². The van der Waals surface area contributed by atoms with E-state index in [4.69, 9.17) is 9.47 Å². The van der Waals surface area contributed by atoms with Gasteiger partial charge < -0.3 is 9.47 Å². The molecule has 0 aliphatic carbocycles. The molecule has 1 saturated heterocycles. The number of ether oxygens (including phenoxy) is 2. The van der Waals surface area contributed by atoms with E-state index in [0.29, 0.717) is 13.1 Å². The van der Waals surface area contributed by atoms with Crippen molar-refractivity contribution in [3.8, 4) is 11.5 Å². The second-order valence-corrected chi connectivity index (χ2v) is 8.38. The lowest BCUT2D eigenvalue weighted by Crippen LogP contribution is -2.34. The first kappa shape index (κ1) is 23.8. The number of Topliss-reactive ketones (excluding diaryl/α,β-unsaturated/α-hetero) is 1. The summed E-state index contributed by atoms with van der Waals surface area (Å²) in [6, 6.07) is 15.9. The molecule has 2 aromatic rings. The highest BCUT2D eigenvalue weighted by Crippen LogP contribution is 2.23. The molecule has 4 heteroatoms. The summed E-state index contributed by atoms with van der Waals surface area (Å²) >= 11 is 0. The normalized spacial score (nSPS) is 17.2. The summed E-state index contributed by atoms with van der Waals surface area (Å²) in [7, 11) is 2.05. The predicted octanol–water partition coefficient (Wildman–Crippen LogP) is 6.03. The molecule has 0 saturated carbocycles. The van der Waals surface area contributed by atoms with Crippen molar-refractivity contribution in [1.82, 2.24) is 4.90 Å². The standard InChI is InChI=1S/C28H35NO3/c1-4-6-16-31-26-12-8-22(9-13-26)18-24-20-29(3)21-25(28(24)30)19-23-10-14-27(15-11-23)32-17-7-5-2/h8-15,18-19H,4-7,16-17,20-21H2,1-3H3/b24-18+,25-19+. The highest BCUT2D eigenvalue weighted by molar-refractivity contribution is 6.14. The van der Waals surface area contributed by atoms with Crippen LogP contribution in [0.3, 0.4) is 0 Å². The summed E-state index contributed by atoms with van der Waals surface area (Å²) in [5.41, 5.74) is 3.65. The zero-order chi connectivity index (χ0) is 22.8. The van der Waals surface area contributed by atoms with Crippen molar-refractivity contribution in [2.24, 2.45) is 0 Å². The van der Waals surface area contributed by atoms with Crippen LogP contribution in [0.2, 0.25) is 0 Å². The van der Waals surface area contributed by atoms with Crippen LogP contribution in [0.25, 0.3) is 12.2 Å². The van der Waals surface area contributed by atoms with Crippen LogP contribution in [-0.2, 0) is 4.79 Å². The number of rotatable bonds is 10. The molecule has 0 bridgehead atoms. The summed E-state index contributed by atoms with van der Waals surface area (Å²) < 4.78 is 11.5. The number of hydrogen-bond donors (Lipinski definition) is 0. The van der Waals surface area contributed by atoms with Gasteiger partial charge in [-0.25, -0.2) is 0 Å². The molecule has 0 radical (unpaired) electrons. The summed E-state index contributed by atoms with van der Waals surface area (Å²) in [5.74, 6) is 1.86. The van der Waals surface area contributed by atoms with Gasteiger partial charge in [0.1, 0.15) is 11.5 Å². The monoisotopic (exact) mass is 433 g/mol. The van der Waals surface area contributed by atoms with Crippen molar-refractivity contribution in [1.29, 1.82) is 0 Å². The zero-order valence-electron chi connectivity index (χ0n) is 19.6. The van der Waals surface area contributed by atoms with Crippen molar-refractivity contribution in [2.45, 2.75) is 39.5 Å². The van der Waals surface area contributed by atoms with Crippen LogP contribution in [0, 0.1) is 0 Å². The Balaban J connectivity index is 1.70. The van der Waals surface area contributed by atoms with Gasteiger partial charge in [0.15, 0.2) is 5.78 Å². The van der Waals surface area contributed by atoms with E-state index in [9.17, 15) is 4.79 Å². The van der Waals surface area contributed by atoms with Crippen LogP contribution in [0.1, 0.15) is 50.7 Å². The zero-order valence-corrected chi connectivity index (χ0v) is 19.6. The number of hydrogen-bond acceptors (Lipinski definition) is 4. The third-order valence-electron chi connectivity index (χ3n) is 5.44. The largest absolute Gasteiger partial charge is 0.494 e. The Morgan fingerprint density at radius 3 is 1.53 bits per heavy atom. The Morgan fingerprint density at radius 2 is 1.16 bits per heavy atom. The number of unbranched alkanes of at least 4 members (excludes halogenated alkanes) is 2. The minimum Gasteiger partial charge on any atom is -0.494 e. The van der Waals surface area contributed by atoms with Crippen molar-refractivity contribution in [2.75, 3.05) is 33.4 Å². The maximum absolute atomic E-state index is 13.1. The molecule has 2 aromatic carbocycles. The average molecular weight is 434 g/mol. The van der Waals surface area contributed by atoms with E-state index in [1.54, 1.807) is 0 Å². The Labute approximate surface area is 192 Å². The van der Waals surface area contributed by atoms with Gasteiger partial charge >= 0.3 is 0 Å². The first-order chi connectivity index (χ1) is 15.6. The third-order valence-corrected chi connectivity index (χ3v) is 5.44. The van der Waals surface area contributed by atoms with Gasteiger partial charge in [0.2, 0.25) is 0 Å². The van der Waals surface area contributed by atoms with Crippen LogP contribution in [-0.4, -0.2) is 44.0 Å². The molecule has 170 valence electrons. The lowest BCUT2D eigenvalue weighted by atomic mass is 9.94. The fourth-order valence-corrected chi connectivity index (χ4v) is 3.60. The Kier molecular flexibility index (Phi) is 9.12. The SMILES string of the molecule is CCCCOc1ccc(/C=C2\CN(C)C/C(=C\c3ccc(OCCCC)cc3)C2=O)cc1. The number of carbonyl (C=O) groups excluding carboxylic acids is 1. The van der Waals surface area contributed by atoms with Gasteiger partial charge in [0.25, 0.3) is 0 Å². The number of ketones is 1. The van der Waals surface area contributed by atoms with Crippen molar-refractivity contribution >= 4 is 17.9 Å². The molecule has 4 nitrogen and oxygen atoms in total. The van der Waals surface area contributed by atoms with Crippen molar-refractivity contribution in [3.05, 3.63) is 70.8 Å². The number of piperidine rings is 1. The molecule has 0 aromatic heterocycles. The maximum atomic E-state index is 13.1. The Bertz CT molecular complexity index is 851. The first-order valence-corrected chi connectivity index (χ1v) is 11.7. The fourth-order valence-electron chi connectivity index (χ4n) is 3.60. The molecule has 1 fully saturated rings. The molecule has 0 atom stereocenters. The second kappa shape index (κ2) is 12.3. The molecule has 1 aliphatic rings. The minimum atomic E-state index is 0.120. The average Bonchev–Trinajstić information content (AvgIpc) is 2.79. The van der Waals surface area contributed by atoms with E-state index < -0.39 is 0 Å². The number of carbonyl (C=O) groups is 1. The van der Waals surface area contributed by atoms with E-state index in [0.717, 1.165) is 72.7 Å². The van der Waals surface area contributed by atoms with Crippen LogP contribution >= 0.6 is 0 Å². The summed E-state index contributed by atoms with van der Waals surface area (Å²) in [5, 5.41) is 0. The molecular formula is C28H35NO3. The first-order valence-electron chi connectivity index (χ1n) is 11.7. The highest BCUT2D eigenvalue weighted by Gasteiger charge is 2.23. The van der Waals surface area contributed by atoms with E-state index in [1.165, 1.54) is 0 Å². The van der Waals surface area contributed by atoms with Gasteiger partial charge in [-0.15, -0.1) is 0 Å². The molecule has 1 heterocycles. The predicted molar refractivity (Wildman–Crippen MR) is 132 cm³/mol. The topological polar surface area (TPSA) is 38.8 Å². The number of likely N-dealkylation sites (tertiary alicyclic amines) is 1. The molecule has 1 aliphatic heterocycles. The molecule has 0 amide bonds. The minimum absolute atomic E-state index is 0.120. The van der Waals surface area contributed by atoms with Gasteiger partial charge in [-0.05, 0) is 67.4 Å². The Morgan fingerprint density at radius 1 is 0.750 bits per heavy atom. The fraction of sp³-hybridized carbons (Fsp3) is 0.393. The van der Waals surface area contributed by atoms with Crippen molar-refractivity contribution < 1.29 is 14.3 Å². The van der Waals surface area contributed by atoms with Crippen LogP contribution in [0.5, 0.6) is 11.5 Å². The van der Waals surface area contributed by atoms with Crippen LogP contribution < -0.4 is 9.47 Å². The molecule has 0 N–H and O–H groups in total. The van der Waals surface area contributed by atoms with Crippen LogP contribution in [0.15, 0.2) is 59.7 Å². The maximum Gasteiger partial charge on any atom is 0.187 e. The highest BCUT2D eigenvalue weighted by atomic mass is 16.5. The van der Waals surface area contributed by atoms with Gasteiger partial charge in [-0.3, -0.25) is 9.69 Å². The number of nitrogens with zero attached hydrogens (tertiary/aromatic N) is 1. The molecule has 0 spiro atoms. The van der Waals surface area contributed by atoms with E-state index in [1.807, 2.05) is 67.7 Å².